The van der Waals surface area contributed by atoms with E-state index in [9.17, 15) is 4.79 Å². The van der Waals surface area contributed by atoms with Crippen LogP contribution in [0, 0.1) is 12.8 Å². The summed E-state index contributed by atoms with van der Waals surface area (Å²) in [6.07, 6.45) is 5.63. The summed E-state index contributed by atoms with van der Waals surface area (Å²) in [4.78, 5) is 21.4. The van der Waals surface area contributed by atoms with E-state index in [0.29, 0.717) is 5.82 Å². The van der Waals surface area contributed by atoms with E-state index in [1.54, 1.807) is 6.20 Å². The predicted octanol–water partition coefficient (Wildman–Crippen LogP) is 3.72. The van der Waals surface area contributed by atoms with Gasteiger partial charge in [-0.25, -0.2) is 9.97 Å². The highest BCUT2D eigenvalue weighted by Gasteiger charge is 2.37. The van der Waals surface area contributed by atoms with Gasteiger partial charge in [-0.2, -0.15) is 0 Å². The van der Waals surface area contributed by atoms with Crippen LogP contribution in [-0.2, 0) is 4.79 Å². The molecule has 3 N–H and O–H groups in total. The summed E-state index contributed by atoms with van der Waals surface area (Å²) in [5, 5.41) is 3.02. The van der Waals surface area contributed by atoms with Crippen LogP contribution in [0.5, 0.6) is 0 Å². The van der Waals surface area contributed by atoms with Crippen LogP contribution in [0.15, 0.2) is 36.5 Å². The highest BCUT2D eigenvalue weighted by Crippen LogP contribution is 2.32. The maximum atomic E-state index is 12.7. The molecule has 0 saturated heterocycles. The molecule has 0 radical (unpaired) electrons. The van der Waals surface area contributed by atoms with Gasteiger partial charge in [-0.15, -0.1) is 12.4 Å². The molecule has 2 atom stereocenters. The molecule has 1 amide bonds. The third-order valence-corrected chi connectivity index (χ3v) is 4.75. The van der Waals surface area contributed by atoms with Crippen LogP contribution in [0.25, 0.3) is 11.4 Å². The molecule has 1 aromatic carbocycles. The molecule has 5 nitrogen and oxygen atoms in total. The smallest absolute Gasteiger partial charge is 0.229 e. The third-order valence-electron chi connectivity index (χ3n) is 4.75. The number of amides is 1. The molecule has 0 aliphatic heterocycles. The SMILES string of the molecule is Cc1ccnc(-c2cccc(NC(=O)C3CCCCC3(C)N)c2)n1.Cl. The zero-order valence-electron chi connectivity index (χ0n) is 14.7. The predicted molar refractivity (Wildman–Crippen MR) is 103 cm³/mol. The van der Waals surface area contributed by atoms with Gasteiger partial charge in [-0.05, 0) is 44.9 Å². The number of halogens is 1. The normalized spacial score (nSPS) is 22.8. The topological polar surface area (TPSA) is 80.9 Å². The molecule has 25 heavy (non-hydrogen) atoms. The summed E-state index contributed by atoms with van der Waals surface area (Å²) in [5.74, 6) is 0.513. The molecule has 1 aliphatic carbocycles. The van der Waals surface area contributed by atoms with Crippen molar-refractivity contribution < 1.29 is 4.79 Å². The first kappa shape index (κ1) is 19.3. The molecular formula is C19H25ClN4O. The van der Waals surface area contributed by atoms with E-state index >= 15 is 0 Å². The van der Waals surface area contributed by atoms with Gasteiger partial charge in [0.15, 0.2) is 5.82 Å². The second-order valence-electron chi connectivity index (χ2n) is 6.90. The summed E-state index contributed by atoms with van der Waals surface area (Å²) in [6.45, 7) is 3.91. The molecule has 0 spiro atoms. The summed E-state index contributed by atoms with van der Waals surface area (Å²) < 4.78 is 0. The quantitative estimate of drug-likeness (QED) is 0.874. The van der Waals surface area contributed by atoms with Crippen molar-refractivity contribution in [2.24, 2.45) is 11.7 Å². The van der Waals surface area contributed by atoms with Gasteiger partial charge in [0.05, 0.1) is 5.92 Å². The average molecular weight is 361 g/mol. The van der Waals surface area contributed by atoms with Crippen molar-refractivity contribution in [2.75, 3.05) is 5.32 Å². The highest BCUT2D eigenvalue weighted by molar-refractivity contribution is 5.94. The largest absolute Gasteiger partial charge is 0.326 e. The Bertz CT molecular complexity index is 748. The zero-order chi connectivity index (χ0) is 17.2. The molecule has 2 unspecified atom stereocenters. The zero-order valence-corrected chi connectivity index (χ0v) is 15.5. The fraction of sp³-hybridized carbons (Fsp3) is 0.421. The Morgan fingerprint density at radius 2 is 2.12 bits per heavy atom. The Morgan fingerprint density at radius 3 is 2.84 bits per heavy atom. The average Bonchev–Trinajstić information content (AvgIpc) is 2.54. The maximum absolute atomic E-state index is 12.7. The molecule has 1 fully saturated rings. The lowest BCUT2D eigenvalue weighted by atomic mass is 9.74. The number of hydrogen-bond acceptors (Lipinski definition) is 4. The van der Waals surface area contributed by atoms with Crippen molar-refractivity contribution in [1.82, 2.24) is 9.97 Å². The molecule has 1 aromatic heterocycles. The van der Waals surface area contributed by atoms with Crippen LogP contribution in [0.2, 0.25) is 0 Å². The number of nitrogens with two attached hydrogens (primary N) is 1. The van der Waals surface area contributed by atoms with E-state index in [2.05, 4.69) is 15.3 Å². The van der Waals surface area contributed by atoms with Gasteiger partial charge in [0.2, 0.25) is 5.91 Å². The number of anilines is 1. The van der Waals surface area contributed by atoms with Gasteiger partial charge in [0, 0.05) is 28.7 Å². The molecule has 0 bridgehead atoms. The summed E-state index contributed by atoms with van der Waals surface area (Å²) in [7, 11) is 0. The lowest BCUT2D eigenvalue weighted by Gasteiger charge is -2.37. The molecule has 1 heterocycles. The van der Waals surface area contributed by atoms with E-state index in [4.69, 9.17) is 5.73 Å². The molecule has 3 rings (SSSR count). The first-order valence-electron chi connectivity index (χ1n) is 8.45. The Balaban J connectivity index is 0.00000225. The van der Waals surface area contributed by atoms with E-state index in [-0.39, 0.29) is 24.2 Å². The summed E-state index contributed by atoms with van der Waals surface area (Å²) in [5.41, 5.74) is 8.45. The van der Waals surface area contributed by atoms with Crippen molar-refractivity contribution in [3.05, 3.63) is 42.2 Å². The number of rotatable bonds is 3. The van der Waals surface area contributed by atoms with Gasteiger partial charge in [-0.3, -0.25) is 4.79 Å². The minimum Gasteiger partial charge on any atom is -0.326 e. The van der Waals surface area contributed by atoms with Crippen LogP contribution >= 0.6 is 12.4 Å². The number of aromatic nitrogens is 2. The van der Waals surface area contributed by atoms with Gasteiger partial charge in [0.25, 0.3) is 0 Å². The van der Waals surface area contributed by atoms with Crippen molar-refractivity contribution in [3.63, 3.8) is 0 Å². The molecule has 134 valence electrons. The number of nitrogens with one attached hydrogen (secondary N) is 1. The van der Waals surface area contributed by atoms with Crippen molar-refractivity contribution in [2.45, 2.75) is 45.1 Å². The van der Waals surface area contributed by atoms with Crippen LogP contribution in [-0.4, -0.2) is 21.4 Å². The first-order valence-corrected chi connectivity index (χ1v) is 8.45. The lowest BCUT2D eigenvalue weighted by Crippen LogP contribution is -2.51. The monoisotopic (exact) mass is 360 g/mol. The summed E-state index contributed by atoms with van der Waals surface area (Å²) >= 11 is 0. The maximum Gasteiger partial charge on any atom is 0.229 e. The summed E-state index contributed by atoms with van der Waals surface area (Å²) in [6, 6.07) is 9.49. The second-order valence-corrected chi connectivity index (χ2v) is 6.90. The number of hydrogen-bond donors (Lipinski definition) is 2. The fourth-order valence-corrected chi connectivity index (χ4v) is 3.34. The van der Waals surface area contributed by atoms with E-state index in [1.165, 1.54) is 0 Å². The molecule has 1 saturated carbocycles. The Kier molecular flexibility index (Phi) is 6.14. The molecule has 2 aromatic rings. The van der Waals surface area contributed by atoms with Gasteiger partial charge < -0.3 is 11.1 Å². The lowest BCUT2D eigenvalue weighted by molar-refractivity contribution is -0.122. The van der Waals surface area contributed by atoms with E-state index in [1.807, 2.05) is 44.2 Å². The van der Waals surface area contributed by atoms with Crippen molar-refractivity contribution in [1.29, 1.82) is 0 Å². The number of nitrogens with zero attached hydrogens (tertiary/aromatic N) is 2. The molecule has 6 heteroatoms. The number of benzene rings is 1. The minimum absolute atomic E-state index is 0. The van der Waals surface area contributed by atoms with Gasteiger partial charge in [-0.1, -0.05) is 25.0 Å². The molecular weight excluding hydrogens is 336 g/mol. The standard InChI is InChI=1S/C19H24N4O.ClH/c1-13-9-11-21-17(22-13)14-6-5-7-15(12-14)23-18(24)16-8-3-4-10-19(16,2)20;/h5-7,9,11-12,16H,3-4,8,10,20H2,1-2H3,(H,23,24);1H. The second kappa shape index (κ2) is 7.93. The highest BCUT2D eigenvalue weighted by atomic mass is 35.5. The van der Waals surface area contributed by atoms with Crippen molar-refractivity contribution >= 4 is 24.0 Å². The minimum atomic E-state index is -0.431. The van der Waals surface area contributed by atoms with Crippen LogP contribution < -0.4 is 11.1 Å². The Hall–Kier alpha value is -1.98. The van der Waals surface area contributed by atoms with Gasteiger partial charge in [0.1, 0.15) is 0 Å². The molecule has 1 aliphatic rings. The van der Waals surface area contributed by atoms with E-state index < -0.39 is 5.54 Å². The Labute approximate surface area is 154 Å². The van der Waals surface area contributed by atoms with Crippen LogP contribution in [0.1, 0.15) is 38.3 Å². The first-order chi connectivity index (χ1) is 11.5. The number of carbonyl (C=O) groups excluding carboxylic acids is 1. The van der Waals surface area contributed by atoms with Crippen molar-refractivity contribution in [3.8, 4) is 11.4 Å². The third kappa shape index (κ3) is 4.55. The fourth-order valence-electron chi connectivity index (χ4n) is 3.34. The number of carbonyl (C=O) groups is 1. The van der Waals surface area contributed by atoms with Gasteiger partial charge >= 0.3 is 0 Å². The van der Waals surface area contributed by atoms with E-state index in [0.717, 1.165) is 42.6 Å². The van der Waals surface area contributed by atoms with Crippen LogP contribution in [0.4, 0.5) is 5.69 Å². The Morgan fingerprint density at radius 1 is 1.32 bits per heavy atom. The number of aryl methyl sites for hydroxylation is 1. The van der Waals surface area contributed by atoms with Crippen LogP contribution in [0.3, 0.4) is 0 Å².